The number of rotatable bonds is 13. The molecule has 0 saturated heterocycles. The average Bonchev–Trinajstić information content (AvgIpc) is 3.09. The number of para-hydroxylation sites is 1. The molecule has 1 unspecified atom stereocenters. The number of methoxy groups -OCH3 is 1. The minimum atomic E-state index is -4.16. The zero-order valence-corrected chi connectivity index (χ0v) is 29.4. The van der Waals surface area contributed by atoms with E-state index in [-0.39, 0.29) is 17.2 Å². The number of carboxylic acids is 1. The molecule has 5 aromatic carbocycles. The van der Waals surface area contributed by atoms with Gasteiger partial charge in [0, 0.05) is 41.9 Å². The molecule has 0 radical (unpaired) electrons. The van der Waals surface area contributed by atoms with Crippen LogP contribution in [-0.4, -0.2) is 52.6 Å². The van der Waals surface area contributed by atoms with Gasteiger partial charge >= 0.3 is 12.0 Å². The molecule has 5 N–H and O–H groups in total. The largest absolute Gasteiger partial charge is 0.495 e. The lowest BCUT2D eigenvalue weighted by Gasteiger charge is -2.20. The maximum atomic E-state index is 13.7. The zero-order valence-electron chi connectivity index (χ0n) is 28.6. The second-order valence-corrected chi connectivity index (χ2v) is 13.8. The van der Waals surface area contributed by atoms with Gasteiger partial charge in [-0.05, 0) is 66.1 Å². The van der Waals surface area contributed by atoms with Crippen molar-refractivity contribution >= 4 is 61.5 Å². The summed E-state index contributed by atoms with van der Waals surface area (Å²) in [5.41, 5.74) is 4.33. The predicted octanol–water partition coefficient (Wildman–Crippen LogP) is 6.54. The van der Waals surface area contributed by atoms with Crippen LogP contribution in [0.4, 0.5) is 27.5 Å². The van der Waals surface area contributed by atoms with E-state index < -0.39 is 34.5 Å². The van der Waals surface area contributed by atoms with Gasteiger partial charge in [-0.1, -0.05) is 60.7 Å². The molecule has 0 fully saturated rings. The first kappa shape index (κ1) is 36.4. The minimum Gasteiger partial charge on any atom is -0.495 e. The van der Waals surface area contributed by atoms with E-state index in [1.54, 1.807) is 66.7 Å². The topological polar surface area (TPSA) is 166 Å². The summed E-state index contributed by atoms with van der Waals surface area (Å²) in [4.78, 5) is 39.3. The van der Waals surface area contributed by atoms with Gasteiger partial charge in [-0.3, -0.25) is 9.59 Å². The van der Waals surface area contributed by atoms with Crippen LogP contribution in [0.3, 0.4) is 0 Å². The first-order chi connectivity index (χ1) is 24.3. The summed E-state index contributed by atoms with van der Waals surface area (Å²) < 4.78 is 35.4. The number of hydrogen-bond donors (Lipinski definition) is 5. The number of hydrogen-bond acceptors (Lipinski definition) is 7. The van der Waals surface area contributed by atoms with E-state index in [1.807, 2.05) is 56.3 Å². The van der Waals surface area contributed by atoms with Gasteiger partial charge in [-0.2, -0.15) is 0 Å². The molecule has 5 rings (SSSR count). The van der Waals surface area contributed by atoms with Crippen LogP contribution >= 0.6 is 0 Å². The number of anilines is 4. The van der Waals surface area contributed by atoms with Crippen LogP contribution in [0.2, 0.25) is 0 Å². The number of amides is 3. The van der Waals surface area contributed by atoms with Gasteiger partial charge in [0.15, 0.2) is 0 Å². The molecule has 264 valence electrons. The van der Waals surface area contributed by atoms with E-state index in [9.17, 15) is 27.9 Å². The molecule has 0 saturated carbocycles. The average molecular weight is 710 g/mol. The Hall–Kier alpha value is -5.92. The third kappa shape index (κ3) is 9.01. The van der Waals surface area contributed by atoms with Crippen molar-refractivity contribution < 1.29 is 32.6 Å². The standard InChI is InChI=1S/C38H39N5O7S/c1-24-9-5-6-12-30(24)40-38(47)41-31-20-15-25(21-34(31)50-4)22-36(44)39-27-18-16-26(17-19-27)32(23-37(45)46)42-51(48,49)35-14-8-10-28-29(35)11-7-13-33(28)43(2)3/h5-21,32,42H,22-23H2,1-4H3,(H,39,44)(H,45,46)(H2,40,41,47). The van der Waals surface area contributed by atoms with Gasteiger partial charge in [0.25, 0.3) is 0 Å². The van der Waals surface area contributed by atoms with E-state index in [0.717, 1.165) is 16.6 Å². The Morgan fingerprint density at radius 1 is 0.804 bits per heavy atom. The van der Waals surface area contributed by atoms with Gasteiger partial charge in [0.05, 0.1) is 36.6 Å². The maximum Gasteiger partial charge on any atom is 0.323 e. The summed E-state index contributed by atoms with van der Waals surface area (Å²) in [7, 11) is 1.04. The molecule has 0 spiro atoms. The predicted molar refractivity (Wildman–Crippen MR) is 199 cm³/mol. The number of aliphatic carboxylic acids is 1. The first-order valence-electron chi connectivity index (χ1n) is 16.0. The fraction of sp³-hybridized carbons (Fsp3) is 0.184. The number of nitrogens with one attached hydrogen (secondary N) is 4. The highest BCUT2D eigenvalue weighted by atomic mass is 32.2. The lowest BCUT2D eigenvalue weighted by atomic mass is 10.0. The molecule has 0 heterocycles. The van der Waals surface area contributed by atoms with Crippen molar-refractivity contribution in [2.45, 2.75) is 30.7 Å². The summed E-state index contributed by atoms with van der Waals surface area (Å²) in [6.07, 6.45) is -0.505. The lowest BCUT2D eigenvalue weighted by molar-refractivity contribution is -0.137. The molecular formula is C38H39N5O7S. The zero-order chi connectivity index (χ0) is 36.7. The highest BCUT2D eigenvalue weighted by Gasteiger charge is 2.26. The Kier molecular flexibility index (Phi) is 11.2. The number of carboxylic acid groups (broad SMARTS) is 1. The van der Waals surface area contributed by atoms with Crippen LogP contribution in [0, 0.1) is 6.92 Å². The normalized spacial score (nSPS) is 11.8. The Morgan fingerprint density at radius 3 is 2.18 bits per heavy atom. The highest BCUT2D eigenvalue weighted by molar-refractivity contribution is 7.89. The van der Waals surface area contributed by atoms with E-state index >= 15 is 0 Å². The van der Waals surface area contributed by atoms with Crippen LogP contribution in [0.1, 0.15) is 29.2 Å². The number of aryl methyl sites for hydroxylation is 1. The minimum absolute atomic E-state index is 0.00416. The molecule has 0 aliphatic carbocycles. The smallest absolute Gasteiger partial charge is 0.323 e. The van der Waals surface area contributed by atoms with Crippen molar-refractivity contribution in [2.75, 3.05) is 42.1 Å². The van der Waals surface area contributed by atoms with Crippen molar-refractivity contribution in [1.82, 2.24) is 4.72 Å². The van der Waals surface area contributed by atoms with Gasteiger partial charge in [0.2, 0.25) is 15.9 Å². The second-order valence-electron chi connectivity index (χ2n) is 12.1. The number of nitrogens with zero attached hydrogens (tertiary/aromatic N) is 1. The van der Waals surface area contributed by atoms with Gasteiger partial charge in [-0.15, -0.1) is 0 Å². The molecule has 13 heteroatoms. The van der Waals surface area contributed by atoms with Crippen LogP contribution in [-0.2, 0) is 26.0 Å². The number of fused-ring (bicyclic) bond motifs is 1. The van der Waals surface area contributed by atoms with Gasteiger partial charge in [0.1, 0.15) is 5.75 Å². The molecule has 5 aromatic rings. The maximum absolute atomic E-state index is 13.7. The number of carbonyl (C=O) groups excluding carboxylic acids is 2. The third-order valence-electron chi connectivity index (χ3n) is 8.18. The van der Waals surface area contributed by atoms with Gasteiger partial charge < -0.3 is 30.7 Å². The highest BCUT2D eigenvalue weighted by Crippen LogP contribution is 2.32. The quantitative estimate of drug-likeness (QED) is 0.0919. The van der Waals surface area contributed by atoms with Crippen molar-refractivity contribution in [3.05, 3.63) is 120 Å². The number of urea groups is 1. The summed E-state index contributed by atoms with van der Waals surface area (Å²) >= 11 is 0. The monoisotopic (exact) mass is 709 g/mol. The molecule has 0 aromatic heterocycles. The summed E-state index contributed by atoms with van der Waals surface area (Å²) in [6, 6.07) is 27.6. The van der Waals surface area contributed by atoms with Crippen LogP contribution in [0.15, 0.2) is 108 Å². The summed E-state index contributed by atoms with van der Waals surface area (Å²) in [5, 5.41) is 19.3. The van der Waals surface area contributed by atoms with Crippen molar-refractivity contribution in [3.63, 3.8) is 0 Å². The molecule has 0 aliphatic rings. The van der Waals surface area contributed by atoms with Gasteiger partial charge in [-0.25, -0.2) is 17.9 Å². The SMILES string of the molecule is COc1cc(CC(=O)Nc2ccc(C(CC(=O)O)NS(=O)(=O)c3cccc4c(N(C)C)cccc34)cc2)ccc1NC(=O)Nc1ccccc1C. The molecule has 12 nitrogen and oxygen atoms in total. The Balaban J connectivity index is 1.25. The van der Waals surface area contributed by atoms with Crippen LogP contribution < -0.4 is 30.3 Å². The number of benzene rings is 5. The summed E-state index contributed by atoms with van der Waals surface area (Å²) in [5.74, 6) is -1.15. The molecule has 51 heavy (non-hydrogen) atoms. The second kappa shape index (κ2) is 15.7. The van der Waals surface area contributed by atoms with E-state index in [1.165, 1.54) is 13.2 Å². The van der Waals surface area contributed by atoms with Crippen LogP contribution in [0.5, 0.6) is 5.75 Å². The van der Waals surface area contributed by atoms with E-state index in [2.05, 4.69) is 20.7 Å². The van der Waals surface area contributed by atoms with Crippen molar-refractivity contribution in [1.29, 1.82) is 0 Å². The Labute approximate surface area is 296 Å². The molecule has 0 bridgehead atoms. The van der Waals surface area contributed by atoms with E-state index in [0.29, 0.717) is 39.3 Å². The van der Waals surface area contributed by atoms with E-state index in [4.69, 9.17) is 4.74 Å². The van der Waals surface area contributed by atoms with Crippen molar-refractivity contribution in [2.24, 2.45) is 0 Å². The number of ether oxygens (including phenoxy) is 1. The summed E-state index contributed by atoms with van der Waals surface area (Å²) in [6.45, 7) is 1.89. The number of sulfonamides is 1. The molecule has 3 amide bonds. The molecule has 1 atom stereocenters. The molecule has 0 aliphatic heterocycles. The van der Waals surface area contributed by atoms with Crippen LogP contribution in [0.25, 0.3) is 10.8 Å². The lowest BCUT2D eigenvalue weighted by Crippen LogP contribution is -2.30. The third-order valence-corrected chi connectivity index (χ3v) is 9.71. The fourth-order valence-corrected chi connectivity index (χ4v) is 7.12. The Morgan fingerprint density at radius 2 is 1.49 bits per heavy atom. The molecular weight excluding hydrogens is 671 g/mol. The van der Waals surface area contributed by atoms with Crippen molar-refractivity contribution in [3.8, 4) is 5.75 Å². The number of carbonyl (C=O) groups is 3. The fourth-order valence-electron chi connectivity index (χ4n) is 5.67. The Bertz CT molecular complexity index is 2190. The first-order valence-corrected chi connectivity index (χ1v) is 17.5.